The fourth-order valence-electron chi connectivity index (χ4n) is 9.27. The van der Waals surface area contributed by atoms with Crippen LogP contribution in [0.5, 0.6) is 0 Å². The van der Waals surface area contributed by atoms with Gasteiger partial charge in [0.15, 0.2) is 11.6 Å². The lowest BCUT2D eigenvalue weighted by atomic mass is 9.88. The van der Waals surface area contributed by atoms with Gasteiger partial charge >= 0.3 is 0 Å². The molecule has 6 aliphatic carbocycles. The number of rotatable bonds is 2. The van der Waals surface area contributed by atoms with Crippen molar-refractivity contribution in [2.45, 2.75) is 40.5 Å². The van der Waals surface area contributed by atoms with Crippen LogP contribution in [0, 0.1) is 35.8 Å². The predicted molar refractivity (Wildman–Crippen MR) is 218 cm³/mol. The van der Waals surface area contributed by atoms with E-state index in [4.69, 9.17) is 13.1 Å². The third-order valence-corrected chi connectivity index (χ3v) is 11.4. The van der Waals surface area contributed by atoms with E-state index in [-0.39, 0.29) is 23.0 Å². The van der Waals surface area contributed by atoms with Crippen LogP contribution < -0.4 is 0 Å². The minimum Gasteiger partial charge on any atom is -0.289 e. The monoisotopic (exact) mass is 718 g/mol. The Balaban J connectivity index is 1.10. The van der Waals surface area contributed by atoms with Gasteiger partial charge in [0.05, 0.1) is 25.3 Å². The topological polar surface area (TPSA) is 90.4 Å². The maximum atomic E-state index is 13.7. The summed E-state index contributed by atoms with van der Waals surface area (Å²) in [4.78, 5) is 34.4. The first kappa shape index (κ1) is 34.1. The second-order valence-corrected chi connectivity index (χ2v) is 15.0. The number of fused-ring (bicyclic) bond motifs is 6. The molecule has 0 aromatic heterocycles. The molecule has 3 aromatic rings. The molecule has 0 spiro atoms. The van der Waals surface area contributed by atoms with E-state index in [2.05, 4.69) is 61.7 Å². The van der Waals surface area contributed by atoms with Crippen LogP contribution in [0.4, 0.5) is 0 Å². The van der Waals surface area contributed by atoms with Crippen molar-refractivity contribution in [2.75, 3.05) is 0 Å². The maximum Gasteiger partial charge on any atom is 0.270 e. The highest BCUT2D eigenvalue weighted by Gasteiger charge is 2.39. The average Bonchev–Trinajstić information content (AvgIpc) is 4.01. The van der Waals surface area contributed by atoms with Gasteiger partial charge in [-0.1, -0.05) is 71.8 Å². The molecule has 6 nitrogen and oxygen atoms in total. The fraction of sp³-hybridized carbons (Fsp3) is 0.120. The van der Waals surface area contributed by atoms with Gasteiger partial charge in [0, 0.05) is 33.4 Å². The molecule has 6 aliphatic rings. The molecule has 0 amide bonds. The number of nitrogens with zero attached hydrogens (tertiary/aromatic N) is 4. The summed E-state index contributed by atoms with van der Waals surface area (Å²) in [6.07, 6.45) is 9.27. The molecule has 0 atom stereocenters. The number of allylic oxidation sites excluding steroid dienone is 20. The van der Waals surface area contributed by atoms with Gasteiger partial charge < -0.3 is 0 Å². The molecule has 0 aliphatic heterocycles. The third-order valence-electron chi connectivity index (χ3n) is 11.4. The van der Waals surface area contributed by atoms with E-state index in [9.17, 15) is 20.1 Å². The van der Waals surface area contributed by atoms with E-state index >= 15 is 0 Å². The first-order valence-corrected chi connectivity index (χ1v) is 18.3. The Morgan fingerprint density at radius 2 is 0.946 bits per heavy atom. The molecule has 0 fully saturated rings. The molecular weight excluding hydrogens is 689 g/mol. The molecule has 6 heteroatoms. The largest absolute Gasteiger partial charge is 0.289 e. The van der Waals surface area contributed by atoms with E-state index in [1.54, 1.807) is 36.4 Å². The minimum absolute atomic E-state index is 0.0881. The zero-order valence-corrected chi connectivity index (χ0v) is 31.1. The molecule has 0 N–H and O–H groups in total. The van der Waals surface area contributed by atoms with Crippen molar-refractivity contribution >= 4 is 45.0 Å². The number of ketones is 2. The van der Waals surface area contributed by atoms with E-state index in [1.807, 2.05) is 36.4 Å². The predicted octanol–water partition coefficient (Wildman–Crippen LogP) is 11.4. The van der Waals surface area contributed by atoms with Gasteiger partial charge in [0.25, 0.3) is 11.4 Å². The Hall–Kier alpha value is -7.64. The summed E-state index contributed by atoms with van der Waals surface area (Å²) in [6.45, 7) is 23.8. The van der Waals surface area contributed by atoms with Crippen LogP contribution in [0.25, 0.3) is 43.1 Å². The van der Waals surface area contributed by atoms with Crippen LogP contribution in [0.1, 0.15) is 94.6 Å². The second kappa shape index (κ2) is 12.5. The number of Topliss-reactive ketones (excluding diaryl/α,β-unsaturated/α-hetero) is 2. The highest BCUT2D eigenvalue weighted by atomic mass is 16.1. The summed E-state index contributed by atoms with van der Waals surface area (Å²) < 4.78 is 0. The molecule has 0 heterocycles. The second-order valence-electron chi connectivity index (χ2n) is 15.0. The summed E-state index contributed by atoms with van der Waals surface area (Å²) >= 11 is 0. The lowest BCUT2D eigenvalue weighted by molar-refractivity contribution is 0.103. The van der Waals surface area contributed by atoms with Crippen molar-refractivity contribution in [3.8, 4) is 12.1 Å². The molecule has 0 unspecified atom stereocenters. The van der Waals surface area contributed by atoms with Crippen molar-refractivity contribution in [2.24, 2.45) is 0 Å². The maximum absolute atomic E-state index is 13.7. The van der Waals surface area contributed by atoms with Crippen molar-refractivity contribution in [1.29, 1.82) is 10.5 Å². The van der Waals surface area contributed by atoms with Gasteiger partial charge in [0.1, 0.15) is 0 Å². The highest BCUT2D eigenvalue weighted by molar-refractivity contribution is 6.29. The number of carbonyl (C=O) groups excluding carboxylic acids is 2. The lowest BCUT2D eigenvalue weighted by Gasteiger charge is -2.15. The number of carbonyl (C=O) groups is 2. The average molecular weight is 719 g/mol. The molecule has 262 valence electrons. The first-order chi connectivity index (χ1) is 27.1. The van der Waals surface area contributed by atoms with Crippen LogP contribution in [-0.4, -0.2) is 11.6 Å². The summed E-state index contributed by atoms with van der Waals surface area (Å²) in [6, 6.07) is 23.0. The van der Waals surface area contributed by atoms with Crippen LogP contribution in [0.2, 0.25) is 0 Å². The van der Waals surface area contributed by atoms with E-state index < -0.39 is 0 Å². The van der Waals surface area contributed by atoms with Crippen molar-refractivity contribution in [3.63, 3.8) is 0 Å². The van der Waals surface area contributed by atoms with Gasteiger partial charge in [-0.25, -0.2) is 20.2 Å². The lowest BCUT2D eigenvalue weighted by Crippen LogP contribution is -1.98. The highest BCUT2D eigenvalue weighted by Crippen LogP contribution is 2.57. The molecular formula is C50H30N4O2. The Bertz CT molecular complexity index is 2810. The Kier molecular flexibility index (Phi) is 7.60. The molecule has 9 rings (SSSR count). The molecule has 0 saturated carbocycles. The van der Waals surface area contributed by atoms with Gasteiger partial charge in [0.2, 0.25) is 0 Å². The Morgan fingerprint density at radius 1 is 0.571 bits per heavy atom. The van der Waals surface area contributed by atoms with E-state index in [0.717, 1.165) is 55.7 Å². The number of nitriles is 2. The van der Waals surface area contributed by atoms with Crippen molar-refractivity contribution in [1.82, 2.24) is 0 Å². The van der Waals surface area contributed by atoms with E-state index in [1.165, 1.54) is 22.3 Å². The number of hydrogen-bond acceptors (Lipinski definition) is 4. The summed E-state index contributed by atoms with van der Waals surface area (Å²) in [5.41, 5.74) is 19.5. The zero-order chi connectivity index (χ0) is 39.2. The van der Waals surface area contributed by atoms with Gasteiger partial charge in [-0.05, 0) is 143 Å². The molecule has 3 aromatic carbocycles. The van der Waals surface area contributed by atoms with Crippen LogP contribution >= 0.6 is 0 Å². The van der Waals surface area contributed by atoms with Gasteiger partial charge in [-0.15, -0.1) is 0 Å². The van der Waals surface area contributed by atoms with Gasteiger partial charge in [-0.2, -0.15) is 0 Å². The van der Waals surface area contributed by atoms with Crippen molar-refractivity contribution in [3.05, 3.63) is 208 Å². The number of benzene rings is 3. The van der Waals surface area contributed by atoms with E-state index in [0.29, 0.717) is 57.4 Å². The molecule has 56 heavy (non-hydrogen) atoms. The smallest absolute Gasteiger partial charge is 0.270 e. The summed E-state index contributed by atoms with van der Waals surface area (Å²) in [5.74, 6) is -0.355. The Labute approximate surface area is 325 Å². The van der Waals surface area contributed by atoms with Crippen LogP contribution in [0.15, 0.2) is 141 Å². The molecule has 0 radical (unpaired) electrons. The fourth-order valence-corrected chi connectivity index (χ4v) is 9.27. The summed E-state index contributed by atoms with van der Waals surface area (Å²) in [7, 11) is 0. The SMILES string of the molecule is [C-]#[N+]/C(C#N)=C1\C(=C\C2=CC3=C(C2)c2cc4c(cc2C3=C(C)C)C2=C(C=C(/C=C3\C(=O)c5ccccc5\C3=C(\C#N)[N+]#[C-])C2)C4=C(C)C)C(=O)c2ccccc21. The third kappa shape index (κ3) is 4.71. The standard InChI is InChI=1S/C50H30N4O2/c1-25(2)45-37-17-27(19-41-47(43(23-51)53-5)29-11-7-9-13-31(29)49(41)55)15-33(37)35-22-40-36(21-39(35)45)34-16-28(18-38(34)46(40)26(3)4)20-42-48(44(24-52)54-6)30-12-8-10-14-32(30)50(42)56/h7-14,17-22H,15-16H2,1-4H3/b41-19-,42-20-,47-43-,48-44+. The minimum atomic E-state index is -0.177. The van der Waals surface area contributed by atoms with Crippen molar-refractivity contribution < 1.29 is 9.59 Å². The normalized spacial score (nSPS) is 20.1. The number of hydrogen-bond donors (Lipinski definition) is 0. The molecule has 0 bridgehead atoms. The summed E-state index contributed by atoms with van der Waals surface area (Å²) in [5, 5.41) is 19.7. The zero-order valence-electron chi connectivity index (χ0n) is 31.1. The Morgan fingerprint density at radius 3 is 1.29 bits per heavy atom. The van der Waals surface area contributed by atoms with Crippen LogP contribution in [-0.2, 0) is 0 Å². The quantitative estimate of drug-likeness (QED) is 0.150. The first-order valence-electron chi connectivity index (χ1n) is 18.3. The van der Waals surface area contributed by atoms with Crippen LogP contribution in [0.3, 0.4) is 0 Å². The van der Waals surface area contributed by atoms with Gasteiger partial charge in [-0.3, -0.25) is 9.59 Å². The molecule has 0 saturated heterocycles.